The van der Waals surface area contributed by atoms with Crippen molar-refractivity contribution in [2.24, 2.45) is 0 Å². The normalized spacial score (nSPS) is 10.6. The zero-order valence-electron chi connectivity index (χ0n) is 9.44. The molecule has 0 aromatic heterocycles. The second-order valence-corrected chi connectivity index (χ2v) is 4.05. The number of hydrogen-bond acceptors (Lipinski definition) is 3. The van der Waals surface area contributed by atoms with Crippen LogP contribution in [0.1, 0.15) is 17.3 Å². The maximum atomic E-state index is 11.7. The van der Waals surface area contributed by atoms with Crippen molar-refractivity contribution in [3.05, 3.63) is 39.9 Å². The summed E-state index contributed by atoms with van der Waals surface area (Å²) in [5, 5.41) is 8.83. The van der Waals surface area contributed by atoms with Gasteiger partial charge in [-0.3, -0.25) is 4.79 Å². The van der Waals surface area contributed by atoms with Gasteiger partial charge in [0.1, 0.15) is 5.75 Å². The maximum absolute atomic E-state index is 11.7. The highest BCUT2D eigenvalue weighted by atomic mass is 35.5. The van der Waals surface area contributed by atoms with E-state index in [2.05, 4.69) is 0 Å². The van der Waals surface area contributed by atoms with Gasteiger partial charge in [-0.25, -0.2) is 4.79 Å². The fourth-order valence-electron chi connectivity index (χ4n) is 1.22. The molecule has 0 atom stereocenters. The zero-order valence-corrected chi connectivity index (χ0v) is 11.0. The minimum absolute atomic E-state index is 0.127. The van der Waals surface area contributed by atoms with E-state index in [-0.39, 0.29) is 15.6 Å². The number of ketones is 1. The topological polar surface area (TPSA) is 63.6 Å². The summed E-state index contributed by atoms with van der Waals surface area (Å²) < 4.78 is 5.21. The van der Waals surface area contributed by atoms with E-state index < -0.39 is 11.8 Å². The summed E-state index contributed by atoms with van der Waals surface area (Å²) in [6.45, 7) is 2.21. The average molecular weight is 289 g/mol. The number of ether oxygens (including phenoxy) is 1. The van der Waals surface area contributed by atoms with Crippen LogP contribution in [-0.2, 0) is 4.79 Å². The van der Waals surface area contributed by atoms with Gasteiger partial charge < -0.3 is 9.84 Å². The van der Waals surface area contributed by atoms with Crippen LogP contribution >= 0.6 is 23.2 Å². The molecule has 0 amide bonds. The highest BCUT2D eigenvalue weighted by Crippen LogP contribution is 2.31. The lowest BCUT2D eigenvalue weighted by Crippen LogP contribution is -2.00. The maximum Gasteiger partial charge on any atom is 0.328 e. The van der Waals surface area contributed by atoms with Crippen LogP contribution in [0.15, 0.2) is 24.3 Å². The lowest BCUT2D eigenvalue weighted by molar-refractivity contribution is -0.131. The van der Waals surface area contributed by atoms with E-state index in [0.717, 1.165) is 12.2 Å². The standard InChI is InChI=1S/C12H10Cl2O4/c1-2-18-11-6-8(13)7(5-9(11)14)10(15)3-4-12(16)17/h3-6H,2H2,1H3,(H,16,17)/b4-3+. The average Bonchev–Trinajstić information content (AvgIpc) is 2.30. The van der Waals surface area contributed by atoms with Crippen molar-refractivity contribution in [2.75, 3.05) is 6.61 Å². The molecule has 0 saturated heterocycles. The number of aliphatic carboxylic acids is 1. The third kappa shape index (κ3) is 3.75. The summed E-state index contributed by atoms with van der Waals surface area (Å²) in [6.07, 6.45) is 1.66. The summed E-state index contributed by atoms with van der Waals surface area (Å²) in [5.74, 6) is -1.37. The molecule has 0 aliphatic rings. The number of rotatable bonds is 5. The number of halogens is 2. The van der Waals surface area contributed by atoms with Crippen molar-refractivity contribution in [1.29, 1.82) is 0 Å². The molecule has 0 spiro atoms. The number of allylic oxidation sites excluding steroid dienone is 1. The van der Waals surface area contributed by atoms with Crippen molar-refractivity contribution >= 4 is 35.0 Å². The number of carbonyl (C=O) groups excluding carboxylic acids is 1. The van der Waals surface area contributed by atoms with Gasteiger partial charge >= 0.3 is 5.97 Å². The Balaban J connectivity index is 3.07. The first-order valence-electron chi connectivity index (χ1n) is 5.03. The second-order valence-electron chi connectivity index (χ2n) is 3.23. The molecule has 0 bridgehead atoms. The third-order valence-corrected chi connectivity index (χ3v) is 2.57. The molecule has 0 heterocycles. The number of carboxylic acids is 1. The zero-order chi connectivity index (χ0) is 13.7. The fraction of sp³-hybridized carbons (Fsp3) is 0.167. The highest BCUT2D eigenvalue weighted by molar-refractivity contribution is 6.37. The molecule has 4 nitrogen and oxygen atoms in total. The van der Waals surface area contributed by atoms with Gasteiger partial charge in [-0.2, -0.15) is 0 Å². The van der Waals surface area contributed by atoms with Crippen LogP contribution in [0.25, 0.3) is 0 Å². The molecule has 0 aliphatic carbocycles. The Kier molecular flexibility index (Phi) is 5.19. The quantitative estimate of drug-likeness (QED) is 0.667. The number of hydrogen-bond donors (Lipinski definition) is 1. The van der Waals surface area contributed by atoms with Crippen LogP contribution in [-0.4, -0.2) is 23.5 Å². The van der Waals surface area contributed by atoms with Gasteiger partial charge in [-0.15, -0.1) is 0 Å². The van der Waals surface area contributed by atoms with Gasteiger partial charge in [-0.05, 0) is 19.1 Å². The largest absolute Gasteiger partial charge is 0.492 e. The first-order chi connectivity index (χ1) is 8.45. The molecule has 0 radical (unpaired) electrons. The third-order valence-electron chi connectivity index (χ3n) is 1.96. The van der Waals surface area contributed by atoms with Gasteiger partial charge in [0.15, 0.2) is 5.78 Å². The monoisotopic (exact) mass is 288 g/mol. The molecule has 18 heavy (non-hydrogen) atoms. The van der Waals surface area contributed by atoms with E-state index in [4.69, 9.17) is 33.0 Å². The minimum Gasteiger partial charge on any atom is -0.492 e. The summed E-state index contributed by atoms with van der Waals surface area (Å²) in [6, 6.07) is 2.78. The second kappa shape index (κ2) is 6.42. The molecule has 1 rings (SSSR count). The molecule has 0 fully saturated rings. The Morgan fingerprint density at radius 2 is 1.94 bits per heavy atom. The SMILES string of the molecule is CCOc1cc(Cl)c(C(=O)/C=C/C(=O)O)cc1Cl. The molecular weight excluding hydrogens is 279 g/mol. The summed E-state index contributed by atoms with van der Waals surface area (Å²) in [4.78, 5) is 22.0. The number of carbonyl (C=O) groups is 2. The van der Waals surface area contributed by atoms with Crippen molar-refractivity contribution in [1.82, 2.24) is 0 Å². The first-order valence-corrected chi connectivity index (χ1v) is 5.78. The molecule has 0 aliphatic heterocycles. The van der Waals surface area contributed by atoms with Gasteiger partial charge in [0, 0.05) is 17.7 Å². The Morgan fingerprint density at radius 1 is 1.28 bits per heavy atom. The minimum atomic E-state index is -1.21. The molecule has 6 heteroatoms. The van der Waals surface area contributed by atoms with E-state index in [1.807, 2.05) is 0 Å². The molecule has 0 unspecified atom stereocenters. The van der Waals surface area contributed by atoms with Crippen LogP contribution < -0.4 is 4.74 Å². The fourth-order valence-corrected chi connectivity index (χ4v) is 1.69. The highest BCUT2D eigenvalue weighted by Gasteiger charge is 2.13. The molecular formula is C12H10Cl2O4. The smallest absolute Gasteiger partial charge is 0.328 e. The predicted molar refractivity (Wildman–Crippen MR) is 68.7 cm³/mol. The lowest BCUT2D eigenvalue weighted by atomic mass is 10.1. The van der Waals surface area contributed by atoms with E-state index in [9.17, 15) is 9.59 Å². The molecule has 96 valence electrons. The van der Waals surface area contributed by atoms with Crippen molar-refractivity contribution in [2.45, 2.75) is 6.92 Å². The van der Waals surface area contributed by atoms with Gasteiger partial charge in [0.2, 0.25) is 0 Å². The molecule has 1 aromatic rings. The summed E-state index contributed by atoms with van der Waals surface area (Å²) in [7, 11) is 0. The van der Waals surface area contributed by atoms with Crippen LogP contribution in [0, 0.1) is 0 Å². The Morgan fingerprint density at radius 3 is 2.50 bits per heavy atom. The van der Waals surface area contributed by atoms with Gasteiger partial charge in [0.05, 0.1) is 16.7 Å². The Labute approximate surface area is 114 Å². The van der Waals surface area contributed by atoms with Crippen LogP contribution in [0.4, 0.5) is 0 Å². The lowest BCUT2D eigenvalue weighted by Gasteiger charge is -2.08. The van der Waals surface area contributed by atoms with E-state index in [0.29, 0.717) is 12.4 Å². The summed E-state index contributed by atoms with van der Waals surface area (Å²) in [5.41, 5.74) is 0.127. The molecule has 1 N–H and O–H groups in total. The van der Waals surface area contributed by atoms with Crippen LogP contribution in [0.2, 0.25) is 10.0 Å². The van der Waals surface area contributed by atoms with E-state index in [1.54, 1.807) is 6.92 Å². The van der Waals surface area contributed by atoms with Crippen molar-refractivity contribution < 1.29 is 19.4 Å². The van der Waals surface area contributed by atoms with Crippen LogP contribution in [0.3, 0.4) is 0 Å². The predicted octanol–water partition coefficient (Wildman–Crippen LogP) is 3.22. The summed E-state index contributed by atoms with van der Waals surface area (Å²) >= 11 is 11.8. The van der Waals surface area contributed by atoms with Gasteiger partial charge in [0.25, 0.3) is 0 Å². The number of benzene rings is 1. The van der Waals surface area contributed by atoms with Crippen molar-refractivity contribution in [3.63, 3.8) is 0 Å². The van der Waals surface area contributed by atoms with Crippen LogP contribution in [0.5, 0.6) is 5.75 Å². The molecule has 0 saturated carbocycles. The molecule has 1 aromatic carbocycles. The van der Waals surface area contributed by atoms with Gasteiger partial charge in [-0.1, -0.05) is 23.2 Å². The Bertz CT molecular complexity index is 509. The van der Waals surface area contributed by atoms with E-state index in [1.165, 1.54) is 12.1 Å². The van der Waals surface area contributed by atoms with Crippen molar-refractivity contribution in [3.8, 4) is 5.75 Å². The Hall–Kier alpha value is -1.52. The van der Waals surface area contributed by atoms with E-state index >= 15 is 0 Å². The number of carboxylic acid groups (broad SMARTS) is 1. The first kappa shape index (κ1) is 14.5.